The summed E-state index contributed by atoms with van der Waals surface area (Å²) < 4.78 is 9.54. The number of halogens is 2. The van der Waals surface area contributed by atoms with Gasteiger partial charge in [-0.3, -0.25) is 4.79 Å². The lowest BCUT2D eigenvalue weighted by molar-refractivity contribution is 0.0996. The Labute approximate surface area is 162 Å². The fraction of sp³-hybridized carbons (Fsp3) is 0.222. The van der Waals surface area contributed by atoms with Crippen molar-refractivity contribution in [2.45, 2.75) is 13.5 Å². The van der Waals surface area contributed by atoms with Crippen molar-refractivity contribution in [3.63, 3.8) is 0 Å². The predicted molar refractivity (Wildman–Crippen MR) is 105 cm³/mol. The second-order valence-electron chi connectivity index (χ2n) is 5.27. The molecule has 130 valence electrons. The molecule has 0 atom stereocenters. The highest BCUT2D eigenvalue weighted by Gasteiger charge is 2.10. The summed E-state index contributed by atoms with van der Waals surface area (Å²) in [6.45, 7) is 3.82. The second kappa shape index (κ2) is 8.27. The van der Waals surface area contributed by atoms with Crippen LogP contribution in [0, 0.1) is 0 Å². The summed E-state index contributed by atoms with van der Waals surface area (Å²) in [6, 6.07) is 12.8. The molecular weight excluding hydrogens is 424 g/mol. The number of rotatable bonds is 5. The maximum absolute atomic E-state index is 12.5. The van der Waals surface area contributed by atoms with E-state index in [2.05, 4.69) is 20.9 Å². The lowest BCUT2D eigenvalue weighted by atomic mass is 10.2. The molecule has 1 heterocycles. The van der Waals surface area contributed by atoms with Gasteiger partial charge in [0.1, 0.15) is 0 Å². The van der Waals surface area contributed by atoms with Crippen molar-refractivity contribution < 1.29 is 9.53 Å². The van der Waals surface area contributed by atoms with Gasteiger partial charge in [-0.2, -0.15) is 4.99 Å². The molecule has 2 aromatic carbocycles. The van der Waals surface area contributed by atoms with Crippen LogP contribution in [0.25, 0.3) is 10.2 Å². The molecule has 1 aromatic heterocycles. The molecular formula is C18H16BrClN2O2S. The zero-order chi connectivity index (χ0) is 17.8. The van der Waals surface area contributed by atoms with Crippen LogP contribution >= 0.6 is 38.9 Å². The quantitative estimate of drug-likeness (QED) is 0.531. The standard InChI is InChI=1S/C18H16BrClN2O2S/c1-2-24-9-8-22-15-7-6-13(19)11-16(15)25-18(22)21-17(23)12-4-3-5-14(20)10-12/h3-7,10-11H,2,8-9H2,1H3. The van der Waals surface area contributed by atoms with Crippen molar-refractivity contribution in [2.75, 3.05) is 13.2 Å². The molecule has 0 unspecified atom stereocenters. The van der Waals surface area contributed by atoms with E-state index in [-0.39, 0.29) is 5.91 Å². The lowest BCUT2D eigenvalue weighted by Crippen LogP contribution is -2.19. The first-order valence-corrected chi connectivity index (χ1v) is 9.78. The van der Waals surface area contributed by atoms with Crippen molar-refractivity contribution in [3.8, 4) is 0 Å². The van der Waals surface area contributed by atoms with E-state index in [9.17, 15) is 4.79 Å². The van der Waals surface area contributed by atoms with Crippen LogP contribution in [0.2, 0.25) is 5.02 Å². The molecule has 4 nitrogen and oxygen atoms in total. The molecule has 0 bridgehead atoms. The van der Waals surface area contributed by atoms with Crippen molar-refractivity contribution in [3.05, 3.63) is 62.3 Å². The fourth-order valence-electron chi connectivity index (χ4n) is 2.42. The minimum Gasteiger partial charge on any atom is -0.380 e. The van der Waals surface area contributed by atoms with Gasteiger partial charge in [0.25, 0.3) is 5.91 Å². The largest absolute Gasteiger partial charge is 0.380 e. The van der Waals surface area contributed by atoms with Crippen LogP contribution in [0.5, 0.6) is 0 Å². The first-order valence-electron chi connectivity index (χ1n) is 7.79. The van der Waals surface area contributed by atoms with E-state index in [0.717, 1.165) is 14.7 Å². The summed E-state index contributed by atoms with van der Waals surface area (Å²) in [5.41, 5.74) is 1.51. The van der Waals surface area contributed by atoms with Crippen LogP contribution in [0.15, 0.2) is 51.9 Å². The van der Waals surface area contributed by atoms with Crippen LogP contribution in [0.1, 0.15) is 17.3 Å². The molecule has 0 saturated carbocycles. The Morgan fingerprint density at radius 3 is 2.92 bits per heavy atom. The van der Waals surface area contributed by atoms with Gasteiger partial charge in [0.2, 0.25) is 0 Å². The predicted octanol–water partition coefficient (Wildman–Crippen LogP) is 4.90. The minimum absolute atomic E-state index is 0.307. The summed E-state index contributed by atoms with van der Waals surface area (Å²) in [7, 11) is 0. The normalized spacial score (nSPS) is 12.0. The number of nitrogens with zero attached hydrogens (tertiary/aromatic N) is 2. The maximum Gasteiger partial charge on any atom is 0.279 e. The SMILES string of the molecule is CCOCCn1c(=NC(=O)c2cccc(Cl)c2)sc2cc(Br)ccc21. The molecule has 0 aliphatic heterocycles. The maximum atomic E-state index is 12.5. The molecule has 1 amide bonds. The van der Waals surface area contributed by atoms with E-state index in [0.29, 0.717) is 35.1 Å². The van der Waals surface area contributed by atoms with Gasteiger partial charge in [-0.15, -0.1) is 0 Å². The summed E-state index contributed by atoms with van der Waals surface area (Å²) >= 11 is 10.9. The van der Waals surface area contributed by atoms with Crippen LogP contribution < -0.4 is 4.80 Å². The average molecular weight is 440 g/mol. The number of hydrogen-bond acceptors (Lipinski definition) is 3. The molecule has 0 saturated heterocycles. The Morgan fingerprint density at radius 1 is 1.32 bits per heavy atom. The van der Waals surface area contributed by atoms with Gasteiger partial charge in [0.15, 0.2) is 4.80 Å². The number of hydrogen-bond donors (Lipinski definition) is 0. The van der Waals surface area contributed by atoms with E-state index in [4.69, 9.17) is 16.3 Å². The third-order valence-electron chi connectivity index (χ3n) is 3.58. The molecule has 25 heavy (non-hydrogen) atoms. The van der Waals surface area contributed by atoms with Crippen molar-refractivity contribution >= 4 is 55.0 Å². The Hall–Kier alpha value is -1.47. The Balaban J connectivity index is 2.06. The van der Waals surface area contributed by atoms with Gasteiger partial charge >= 0.3 is 0 Å². The third kappa shape index (κ3) is 4.39. The molecule has 0 fully saturated rings. The monoisotopic (exact) mass is 438 g/mol. The van der Waals surface area contributed by atoms with Crippen LogP contribution in [0.4, 0.5) is 0 Å². The average Bonchev–Trinajstić information content (AvgIpc) is 2.91. The van der Waals surface area contributed by atoms with Crippen molar-refractivity contribution in [2.24, 2.45) is 4.99 Å². The van der Waals surface area contributed by atoms with E-state index in [1.54, 1.807) is 24.3 Å². The van der Waals surface area contributed by atoms with Crippen molar-refractivity contribution in [1.82, 2.24) is 4.57 Å². The van der Waals surface area contributed by atoms with E-state index in [1.807, 2.05) is 29.7 Å². The van der Waals surface area contributed by atoms with Gasteiger partial charge in [-0.1, -0.05) is 44.9 Å². The zero-order valence-corrected chi connectivity index (χ0v) is 16.7. The van der Waals surface area contributed by atoms with Crippen LogP contribution in [-0.4, -0.2) is 23.7 Å². The Kier molecular flexibility index (Phi) is 6.06. The highest BCUT2D eigenvalue weighted by atomic mass is 79.9. The highest BCUT2D eigenvalue weighted by Crippen LogP contribution is 2.22. The Bertz CT molecular complexity index is 981. The number of benzene rings is 2. The minimum atomic E-state index is -0.307. The molecule has 3 rings (SSSR count). The highest BCUT2D eigenvalue weighted by molar-refractivity contribution is 9.10. The number of ether oxygens (including phenoxy) is 1. The van der Waals surface area contributed by atoms with Gasteiger partial charge in [-0.05, 0) is 43.3 Å². The summed E-state index contributed by atoms with van der Waals surface area (Å²) in [6.07, 6.45) is 0. The second-order valence-corrected chi connectivity index (χ2v) is 7.63. The Morgan fingerprint density at radius 2 is 2.16 bits per heavy atom. The summed E-state index contributed by atoms with van der Waals surface area (Å²) in [4.78, 5) is 17.5. The van der Waals surface area contributed by atoms with Gasteiger partial charge in [0.05, 0.1) is 16.8 Å². The molecule has 7 heteroatoms. The van der Waals surface area contributed by atoms with E-state index >= 15 is 0 Å². The number of aromatic nitrogens is 1. The van der Waals surface area contributed by atoms with Crippen molar-refractivity contribution in [1.29, 1.82) is 0 Å². The first kappa shape index (κ1) is 18.3. The summed E-state index contributed by atoms with van der Waals surface area (Å²) in [5, 5.41) is 0.519. The van der Waals surface area contributed by atoms with Gasteiger partial charge in [-0.25, -0.2) is 0 Å². The van der Waals surface area contributed by atoms with E-state index in [1.165, 1.54) is 11.3 Å². The molecule has 3 aromatic rings. The van der Waals surface area contributed by atoms with Gasteiger partial charge < -0.3 is 9.30 Å². The number of fused-ring (bicyclic) bond motifs is 1. The van der Waals surface area contributed by atoms with Crippen LogP contribution in [0.3, 0.4) is 0 Å². The molecule has 0 spiro atoms. The van der Waals surface area contributed by atoms with Gasteiger partial charge in [0, 0.05) is 28.2 Å². The molecule has 0 radical (unpaired) electrons. The zero-order valence-electron chi connectivity index (χ0n) is 13.5. The molecule has 0 aliphatic rings. The number of carbonyl (C=O) groups excluding carboxylic acids is 1. The molecule has 0 N–H and O–H groups in total. The number of carbonyl (C=O) groups is 1. The smallest absolute Gasteiger partial charge is 0.279 e. The lowest BCUT2D eigenvalue weighted by Gasteiger charge is -2.05. The topological polar surface area (TPSA) is 43.6 Å². The van der Waals surface area contributed by atoms with Crippen LogP contribution in [-0.2, 0) is 11.3 Å². The van der Waals surface area contributed by atoms with E-state index < -0.39 is 0 Å². The fourth-order valence-corrected chi connectivity index (χ4v) is 4.22. The number of amides is 1. The summed E-state index contributed by atoms with van der Waals surface area (Å²) in [5.74, 6) is -0.307. The molecule has 0 aliphatic carbocycles. The number of thiazole rings is 1. The first-order chi connectivity index (χ1) is 12.1. The third-order valence-corrected chi connectivity index (χ3v) is 5.35.